The Balaban J connectivity index is 1.82. The van der Waals surface area contributed by atoms with Crippen molar-refractivity contribution < 1.29 is 4.74 Å². The molecule has 0 amide bonds. The summed E-state index contributed by atoms with van der Waals surface area (Å²) < 4.78 is 5.26. The molecule has 2 aliphatic carbocycles. The van der Waals surface area contributed by atoms with E-state index in [1.165, 1.54) is 44.9 Å². The van der Waals surface area contributed by atoms with Crippen LogP contribution in [0.3, 0.4) is 0 Å². The fourth-order valence-electron chi connectivity index (χ4n) is 4.30. The van der Waals surface area contributed by atoms with Crippen molar-refractivity contribution in [2.45, 2.75) is 64.7 Å². The van der Waals surface area contributed by atoms with Crippen LogP contribution in [0.5, 0.6) is 0 Å². The van der Waals surface area contributed by atoms with E-state index in [0.29, 0.717) is 6.61 Å². The molecule has 2 saturated carbocycles. The minimum atomic E-state index is -0.175. The van der Waals surface area contributed by atoms with Crippen LogP contribution in [0.25, 0.3) is 0 Å². The molecular formula is C17H29NO. The van der Waals surface area contributed by atoms with E-state index in [0.717, 1.165) is 30.6 Å². The molecule has 2 nitrogen and oxygen atoms in total. The second-order valence-corrected chi connectivity index (χ2v) is 6.85. The van der Waals surface area contributed by atoms with Crippen LogP contribution in [0.15, 0.2) is 0 Å². The Morgan fingerprint density at radius 3 is 2.11 bits per heavy atom. The van der Waals surface area contributed by atoms with Crippen LogP contribution < -0.4 is 0 Å². The van der Waals surface area contributed by atoms with E-state index in [-0.39, 0.29) is 5.41 Å². The molecule has 0 heterocycles. The van der Waals surface area contributed by atoms with Crippen LogP contribution in [-0.2, 0) is 4.74 Å². The standard InChI is InChI=1S/C17H29NO/c1-3-14-4-6-15(7-5-14)16-8-10-17(12-18,11-9-16)13-19-2/h14-16H,3-11,13H2,1-2H3. The maximum atomic E-state index is 9.41. The highest BCUT2D eigenvalue weighted by molar-refractivity contribution is 5.02. The van der Waals surface area contributed by atoms with Gasteiger partial charge in [0.1, 0.15) is 0 Å². The van der Waals surface area contributed by atoms with Crippen molar-refractivity contribution in [3.63, 3.8) is 0 Å². The van der Waals surface area contributed by atoms with Gasteiger partial charge in [-0.1, -0.05) is 26.2 Å². The van der Waals surface area contributed by atoms with E-state index in [1.54, 1.807) is 7.11 Å². The first kappa shape index (κ1) is 14.9. The molecule has 0 atom stereocenters. The third-order valence-corrected chi connectivity index (χ3v) is 5.78. The van der Waals surface area contributed by atoms with Crippen molar-refractivity contribution in [2.75, 3.05) is 13.7 Å². The SMILES string of the molecule is CCC1CCC(C2CCC(C#N)(COC)CC2)CC1. The molecule has 2 aliphatic rings. The molecule has 0 bridgehead atoms. The molecule has 0 aromatic rings. The molecule has 0 spiro atoms. The molecular weight excluding hydrogens is 234 g/mol. The Bertz CT molecular complexity index is 304. The number of hydrogen-bond acceptors (Lipinski definition) is 2. The number of hydrogen-bond donors (Lipinski definition) is 0. The number of nitrogens with zero attached hydrogens (tertiary/aromatic N) is 1. The normalized spacial score (nSPS) is 39.7. The highest BCUT2D eigenvalue weighted by atomic mass is 16.5. The van der Waals surface area contributed by atoms with Crippen LogP contribution in [0.2, 0.25) is 0 Å². The van der Waals surface area contributed by atoms with E-state index in [2.05, 4.69) is 13.0 Å². The average molecular weight is 263 g/mol. The zero-order valence-corrected chi connectivity index (χ0v) is 12.7. The third-order valence-electron chi connectivity index (χ3n) is 5.78. The Kier molecular flexibility index (Phi) is 5.28. The zero-order valence-electron chi connectivity index (χ0n) is 12.7. The third kappa shape index (κ3) is 3.51. The van der Waals surface area contributed by atoms with Crippen molar-refractivity contribution in [3.05, 3.63) is 0 Å². The molecule has 0 aromatic carbocycles. The minimum Gasteiger partial charge on any atom is -0.383 e. The fourth-order valence-corrected chi connectivity index (χ4v) is 4.30. The van der Waals surface area contributed by atoms with Gasteiger partial charge in [-0.3, -0.25) is 0 Å². The van der Waals surface area contributed by atoms with Crippen LogP contribution >= 0.6 is 0 Å². The molecule has 2 rings (SSSR count). The summed E-state index contributed by atoms with van der Waals surface area (Å²) in [6.45, 7) is 2.95. The molecule has 0 aromatic heterocycles. The molecule has 19 heavy (non-hydrogen) atoms. The van der Waals surface area contributed by atoms with E-state index in [1.807, 2.05) is 0 Å². The Labute approximate surface area is 118 Å². The number of methoxy groups -OCH3 is 1. The summed E-state index contributed by atoms with van der Waals surface area (Å²) >= 11 is 0. The summed E-state index contributed by atoms with van der Waals surface area (Å²) in [5, 5.41) is 9.41. The Morgan fingerprint density at radius 1 is 1.05 bits per heavy atom. The summed E-state index contributed by atoms with van der Waals surface area (Å²) in [5.41, 5.74) is -0.175. The monoisotopic (exact) mass is 263 g/mol. The first-order chi connectivity index (χ1) is 9.23. The number of nitriles is 1. The lowest BCUT2D eigenvalue weighted by molar-refractivity contribution is 0.0558. The summed E-state index contributed by atoms with van der Waals surface area (Å²) in [4.78, 5) is 0. The van der Waals surface area contributed by atoms with Crippen molar-refractivity contribution >= 4 is 0 Å². The number of rotatable bonds is 4. The maximum absolute atomic E-state index is 9.41. The van der Waals surface area contributed by atoms with E-state index < -0.39 is 0 Å². The van der Waals surface area contributed by atoms with Crippen molar-refractivity contribution in [3.8, 4) is 6.07 Å². The molecule has 0 N–H and O–H groups in total. The van der Waals surface area contributed by atoms with Crippen LogP contribution in [0, 0.1) is 34.5 Å². The van der Waals surface area contributed by atoms with Crippen LogP contribution in [-0.4, -0.2) is 13.7 Å². The summed E-state index contributed by atoms with van der Waals surface area (Å²) in [5.74, 6) is 2.82. The van der Waals surface area contributed by atoms with Gasteiger partial charge in [0.05, 0.1) is 18.1 Å². The average Bonchev–Trinajstić information content (AvgIpc) is 2.48. The minimum absolute atomic E-state index is 0.175. The molecule has 2 heteroatoms. The first-order valence-corrected chi connectivity index (χ1v) is 8.13. The Hall–Kier alpha value is -0.550. The molecule has 2 fully saturated rings. The van der Waals surface area contributed by atoms with Gasteiger partial charge in [-0.25, -0.2) is 0 Å². The maximum Gasteiger partial charge on any atom is 0.0807 e. The van der Waals surface area contributed by atoms with E-state index in [9.17, 15) is 5.26 Å². The lowest BCUT2D eigenvalue weighted by Crippen LogP contribution is -2.33. The smallest absolute Gasteiger partial charge is 0.0807 e. The molecule has 108 valence electrons. The van der Waals surface area contributed by atoms with Crippen molar-refractivity contribution in [2.24, 2.45) is 23.2 Å². The van der Waals surface area contributed by atoms with Gasteiger partial charge in [0.2, 0.25) is 0 Å². The summed E-state index contributed by atoms with van der Waals surface area (Å²) in [6.07, 6.45) is 11.7. The van der Waals surface area contributed by atoms with Gasteiger partial charge in [0.25, 0.3) is 0 Å². The number of ether oxygens (including phenoxy) is 1. The van der Waals surface area contributed by atoms with Gasteiger partial charge in [0, 0.05) is 7.11 Å². The summed E-state index contributed by atoms with van der Waals surface area (Å²) in [7, 11) is 1.72. The molecule has 0 radical (unpaired) electrons. The van der Waals surface area contributed by atoms with Crippen molar-refractivity contribution in [1.82, 2.24) is 0 Å². The second kappa shape index (κ2) is 6.75. The summed E-state index contributed by atoms with van der Waals surface area (Å²) in [6, 6.07) is 2.53. The zero-order chi connectivity index (χ0) is 13.7. The second-order valence-electron chi connectivity index (χ2n) is 6.85. The van der Waals surface area contributed by atoms with E-state index in [4.69, 9.17) is 4.74 Å². The topological polar surface area (TPSA) is 33.0 Å². The Morgan fingerprint density at radius 2 is 1.63 bits per heavy atom. The van der Waals surface area contributed by atoms with Crippen LogP contribution in [0.1, 0.15) is 64.7 Å². The molecule has 0 unspecified atom stereocenters. The fraction of sp³-hybridized carbons (Fsp3) is 0.941. The van der Waals surface area contributed by atoms with Gasteiger partial charge >= 0.3 is 0 Å². The highest BCUT2D eigenvalue weighted by Crippen LogP contribution is 2.45. The van der Waals surface area contributed by atoms with Gasteiger partial charge in [-0.2, -0.15) is 5.26 Å². The van der Waals surface area contributed by atoms with E-state index >= 15 is 0 Å². The predicted molar refractivity (Wildman–Crippen MR) is 77.6 cm³/mol. The van der Waals surface area contributed by atoms with Gasteiger partial charge in [-0.05, 0) is 56.3 Å². The highest BCUT2D eigenvalue weighted by Gasteiger charge is 2.38. The predicted octanol–water partition coefficient (Wildman–Crippen LogP) is 4.55. The van der Waals surface area contributed by atoms with Gasteiger partial charge in [0.15, 0.2) is 0 Å². The van der Waals surface area contributed by atoms with Crippen LogP contribution in [0.4, 0.5) is 0 Å². The molecule has 0 saturated heterocycles. The van der Waals surface area contributed by atoms with Gasteiger partial charge < -0.3 is 4.74 Å². The van der Waals surface area contributed by atoms with Gasteiger partial charge in [-0.15, -0.1) is 0 Å². The first-order valence-electron chi connectivity index (χ1n) is 8.13. The quantitative estimate of drug-likeness (QED) is 0.745. The lowest BCUT2D eigenvalue weighted by atomic mass is 9.65. The van der Waals surface area contributed by atoms with Crippen molar-refractivity contribution in [1.29, 1.82) is 5.26 Å². The lowest BCUT2D eigenvalue weighted by Gasteiger charge is -2.40. The largest absolute Gasteiger partial charge is 0.383 e. The molecule has 0 aliphatic heterocycles.